The van der Waals surface area contributed by atoms with Crippen LogP contribution < -0.4 is 9.88 Å². The molecule has 1 aromatic rings. The van der Waals surface area contributed by atoms with E-state index in [0.717, 1.165) is 0 Å². The lowest BCUT2D eigenvalue weighted by atomic mass is 10.1. The molecule has 0 bridgehead atoms. The minimum Gasteiger partial charge on any atom is -0.479 e. The molecule has 0 aliphatic rings. The fourth-order valence-electron chi connectivity index (χ4n) is 2.21. The number of hydrogen-bond donors (Lipinski definition) is 6. The quantitative estimate of drug-likeness (QED) is 0.235. The average molecular weight is 421 g/mol. The Morgan fingerprint density at radius 1 is 1.32 bits per heavy atom. The molecule has 0 saturated heterocycles. The van der Waals surface area contributed by atoms with Crippen LogP contribution in [0, 0.1) is 0 Å². The van der Waals surface area contributed by atoms with Crippen molar-refractivity contribution >= 4 is 19.7 Å². The predicted octanol–water partition coefficient (Wildman–Crippen LogP) is -0.647. The van der Waals surface area contributed by atoms with Gasteiger partial charge in [0.2, 0.25) is 0 Å². The van der Waals surface area contributed by atoms with Gasteiger partial charge in [0.05, 0.1) is 6.54 Å². The second-order valence-corrected chi connectivity index (χ2v) is 9.12. The molecular weight excluding hydrogens is 395 g/mol. The van der Waals surface area contributed by atoms with Crippen molar-refractivity contribution in [2.45, 2.75) is 50.8 Å². The van der Waals surface area contributed by atoms with Crippen molar-refractivity contribution in [1.82, 2.24) is 5.32 Å². The molecule has 0 fully saturated rings. The molecule has 1 aromatic heterocycles. The number of aliphatic carboxylic acids is 1. The van der Waals surface area contributed by atoms with Crippen molar-refractivity contribution in [3.05, 3.63) is 30.1 Å². The molecule has 11 nitrogen and oxygen atoms in total. The van der Waals surface area contributed by atoms with Gasteiger partial charge in [0.1, 0.15) is 11.7 Å². The van der Waals surface area contributed by atoms with Crippen LogP contribution in [0.2, 0.25) is 0 Å². The molecule has 2 atom stereocenters. The van der Waals surface area contributed by atoms with Gasteiger partial charge in [-0.2, -0.15) is 0 Å². The van der Waals surface area contributed by atoms with Crippen LogP contribution in [0.1, 0.15) is 26.3 Å². The maximum absolute atomic E-state index is 11.6. The number of pyridine rings is 1. The Kier molecular flexibility index (Phi) is 7.69. The molecule has 0 aromatic carbocycles. The van der Waals surface area contributed by atoms with Crippen molar-refractivity contribution in [3.8, 4) is 0 Å². The van der Waals surface area contributed by atoms with E-state index in [-0.39, 0.29) is 18.7 Å². The van der Waals surface area contributed by atoms with E-state index in [1.807, 2.05) is 0 Å². The summed E-state index contributed by atoms with van der Waals surface area (Å²) in [6, 6.07) is 2.84. The van der Waals surface area contributed by atoms with Gasteiger partial charge in [-0.15, -0.1) is 0 Å². The first-order valence-corrected chi connectivity index (χ1v) is 9.89. The van der Waals surface area contributed by atoms with E-state index < -0.39 is 43.1 Å². The first-order valence-electron chi connectivity index (χ1n) is 8.28. The Hall–Kier alpha value is -2.04. The number of aliphatic hydroxyl groups is 2. The van der Waals surface area contributed by atoms with Crippen molar-refractivity contribution in [2.24, 2.45) is 0 Å². The molecule has 0 aliphatic heterocycles. The summed E-state index contributed by atoms with van der Waals surface area (Å²) in [6.07, 6.45) is 0.309. The zero-order valence-corrected chi connectivity index (χ0v) is 16.7. The smallest absolute Gasteiger partial charge is 0.407 e. The monoisotopic (exact) mass is 421 g/mol. The molecule has 1 rings (SSSR count). The van der Waals surface area contributed by atoms with E-state index in [0.29, 0.717) is 0 Å². The van der Waals surface area contributed by atoms with Crippen LogP contribution in [0.4, 0.5) is 4.79 Å². The number of carbonyl (C=O) groups is 2. The van der Waals surface area contributed by atoms with Gasteiger partial charge in [-0.1, -0.05) is 0 Å². The minimum absolute atomic E-state index is 0.00888. The van der Waals surface area contributed by atoms with Gasteiger partial charge in [-0.25, -0.2) is 14.2 Å². The second-order valence-electron chi connectivity index (χ2n) is 7.29. The SMILES string of the molecule is CC(C)(C)OC(=O)NCC(O)C[n+]1cccc(CC(O)(C(=O)O)P(=O)(O)O)c1. The third-order valence-electron chi connectivity index (χ3n) is 3.50. The zero-order chi connectivity index (χ0) is 21.8. The van der Waals surface area contributed by atoms with E-state index in [4.69, 9.17) is 19.6 Å². The maximum atomic E-state index is 11.6. The second kappa shape index (κ2) is 8.97. The van der Waals surface area contributed by atoms with Crippen LogP contribution in [0.3, 0.4) is 0 Å². The average Bonchev–Trinajstić information content (AvgIpc) is 2.50. The number of aromatic nitrogens is 1. The third kappa shape index (κ3) is 7.17. The first-order chi connectivity index (χ1) is 12.6. The molecule has 12 heteroatoms. The molecule has 0 aliphatic carbocycles. The van der Waals surface area contributed by atoms with Gasteiger partial charge in [0.15, 0.2) is 18.9 Å². The lowest BCUT2D eigenvalue weighted by Crippen LogP contribution is -2.46. The third-order valence-corrected chi connectivity index (χ3v) is 4.81. The number of carboxylic acid groups (broad SMARTS) is 1. The summed E-state index contributed by atoms with van der Waals surface area (Å²) in [4.78, 5) is 41.1. The summed E-state index contributed by atoms with van der Waals surface area (Å²) in [5.41, 5.74) is -0.555. The molecule has 1 amide bonds. The number of nitrogens with one attached hydrogen (secondary N) is 1. The van der Waals surface area contributed by atoms with E-state index in [9.17, 15) is 24.4 Å². The van der Waals surface area contributed by atoms with Crippen molar-refractivity contribution < 1.29 is 48.6 Å². The van der Waals surface area contributed by atoms with Crippen LogP contribution in [-0.4, -0.2) is 60.8 Å². The van der Waals surface area contributed by atoms with Gasteiger partial charge in [0, 0.05) is 18.1 Å². The van der Waals surface area contributed by atoms with Crippen LogP contribution in [0.25, 0.3) is 0 Å². The summed E-state index contributed by atoms with van der Waals surface area (Å²) < 4.78 is 17.8. The fourth-order valence-corrected chi connectivity index (χ4v) is 2.84. The van der Waals surface area contributed by atoms with Gasteiger partial charge in [0.25, 0.3) is 5.34 Å². The Morgan fingerprint density at radius 3 is 2.43 bits per heavy atom. The maximum Gasteiger partial charge on any atom is 0.407 e. The number of rotatable bonds is 8. The van der Waals surface area contributed by atoms with E-state index >= 15 is 0 Å². The predicted molar refractivity (Wildman–Crippen MR) is 95.2 cm³/mol. The lowest BCUT2D eigenvalue weighted by molar-refractivity contribution is -0.703. The standard InChI is InChI=1S/C16H25N2O9P/c1-15(2,3)27-14(22)17-8-12(19)10-18-6-4-5-11(9-18)7-16(23,13(20)21)28(24,25)26/h4-6,9,12,19,23H,7-8,10H2,1-3H3,(H3-,17,20,21,22,24,25,26)/p+1. The molecule has 0 saturated carbocycles. The highest BCUT2D eigenvalue weighted by Crippen LogP contribution is 2.50. The van der Waals surface area contributed by atoms with E-state index in [2.05, 4.69) is 5.32 Å². The Labute approximate surface area is 161 Å². The highest BCUT2D eigenvalue weighted by molar-refractivity contribution is 7.54. The number of nitrogens with zero attached hydrogens (tertiary/aromatic N) is 1. The number of ether oxygens (including phenoxy) is 1. The van der Waals surface area contributed by atoms with E-state index in [1.165, 1.54) is 29.1 Å². The topological polar surface area (TPSA) is 178 Å². The van der Waals surface area contributed by atoms with Gasteiger partial charge in [-0.05, 0) is 26.8 Å². The van der Waals surface area contributed by atoms with Gasteiger partial charge in [-0.3, -0.25) is 4.57 Å². The molecule has 6 N–H and O–H groups in total. The molecule has 158 valence electrons. The van der Waals surface area contributed by atoms with Gasteiger partial charge >= 0.3 is 19.7 Å². The number of alkyl carbamates (subject to hydrolysis) is 1. The summed E-state index contributed by atoms with van der Waals surface area (Å²) in [5.74, 6) is -2.04. The van der Waals surface area contributed by atoms with Crippen LogP contribution in [0.5, 0.6) is 0 Å². The molecule has 0 radical (unpaired) electrons. The largest absolute Gasteiger partial charge is 0.479 e. The molecular formula is C16H26N2O9P+. The Balaban J connectivity index is 2.77. The highest BCUT2D eigenvalue weighted by Gasteiger charge is 2.53. The van der Waals surface area contributed by atoms with E-state index in [1.54, 1.807) is 20.8 Å². The summed E-state index contributed by atoms with van der Waals surface area (Å²) in [7, 11) is -5.36. The van der Waals surface area contributed by atoms with Crippen molar-refractivity contribution in [1.29, 1.82) is 0 Å². The number of carboxylic acids is 1. The summed E-state index contributed by atoms with van der Waals surface area (Å²) >= 11 is 0. The summed E-state index contributed by atoms with van der Waals surface area (Å²) in [5, 5.41) is 28.1. The highest BCUT2D eigenvalue weighted by atomic mass is 31.2. The Bertz CT molecular complexity index is 759. The molecule has 28 heavy (non-hydrogen) atoms. The number of hydrogen-bond acceptors (Lipinski definition) is 6. The number of aliphatic hydroxyl groups excluding tert-OH is 1. The lowest BCUT2D eigenvalue weighted by Gasteiger charge is -2.23. The molecule has 0 spiro atoms. The van der Waals surface area contributed by atoms with Crippen LogP contribution in [-0.2, 0) is 27.1 Å². The normalized spacial score (nSPS) is 15.4. The van der Waals surface area contributed by atoms with Crippen LogP contribution >= 0.6 is 7.60 Å². The van der Waals surface area contributed by atoms with Gasteiger partial charge < -0.3 is 35.2 Å². The van der Waals surface area contributed by atoms with Crippen LogP contribution in [0.15, 0.2) is 24.5 Å². The fraction of sp³-hybridized carbons (Fsp3) is 0.562. The minimum atomic E-state index is -5.36. The van der Waals surface area contributed by atoms with Crippen molar-refractivity contribution in [3.63, 3.8) is 0 Å². The number of amides is 1. The Morgan fingerprint density at radius 2 is 1.93 bits per heavy atom. The first kappa shape index (κ1) is 24.0. The van der Waals surface area contributed by atoms with Crippen molar-refractivity contribution in [2.75, 3.05) is 6.54 Å². The molecule has 2 unspecified atom stereocenters. The molecule has 1 heterocycles. The summed E-state index contributed by atoms with van der Waals surface area (Å²) in [6.45, 7) is 4.96. The zero-order valence-electron chi connectivity index (χ0n) is 15.8. The number of carbonyl (C=O) groups excluding carboxylic acids is 1.